The Morgan fingerprint density at radius 2 is 1.69 bits per heavy atom. The largest absolute Gasteiger partial charge is 0.480 e. The van der Waals surface area contributed by atoms with Gasteiger partial charge in [-0.15, -0.1) is 5.01 Å². The van der Waals surface area contributed by atoms with Crippen LogP contribution in [0.1, 0.15) is 54.7 Å². The van der Waals surface area contributed by atoms with Crippen molar-refractivity contribution in [2.75, 3.05) is 0 Å². The van der Waals surface area contributed by atoms with Crippen LogP contribution in [0, 0.1) is 0 Å². The predicted molar refractivity (Wildman–Crippen MR) is 145 cm³/mol. The summed E-state index contributed by atoms with van der Waals surface area (Å²) in [5, 5.41) is 32.9. The fraction of sp³-hybridized carbons (Fsp3) is 0.267. The highest BCUT2D eigenvalue weighted by Gasteiger charge is 2.36. The van der Waals surface area contributed by atoms with Gasteiger partial charge in [-0.2, -0.15) is 0 Å². The van der Waals surface area contributed by atoms with Gasteiger partial charge in [-0.25, -0.2) is 9.59 Å². The monoisotopic (exact) mass is 527 g/mol. The maximum absolute atomic E-state index is 12.1. The molecule has 1 amide bonds. The number of aliphatic hydroxyl groups is 1. The van der Waals surface area contributed by atoms with Crippen molar-refractivity contribution in [2.45, 2.75) is 51.4 Å². The van der Waals surface area contributed by atoms with E-state index in [-0.39, 0.29) is 6.42 Å². The third kappa shape index (κ3) is 5.59. The molecule has 0 saturated heterocycles. The molecular formula is C30H31N4O5+. The first-order chi connectivity index (χ1) is 18.6. The van der Waals surface area contributed by atoms with Crippen LogP contribution in [-0.2, 0) is 22.4 Å². The van der Waals surface area contributed by atoms with E-state index >= 15 is 0 Å². The van der Waals surface area contributed by atoms with E-state index < -0.39 is 29.8 Å². The van der Waals surface area contributed by atoms with Crippen molar-refractivity contribution in [3.05, 3.63) is 101 Å². The molecule has 3 aromatic rings. The predicted octanol–water partition coefficient (Wildman–Crippen LogP) is 4.22. The molecule has 0 spiro atoms. The molecule has 4 N–H and O–H groups in total. The zero-order chi connectivity index (χ0) is 27.7. The van der Waals surface area contributed by atoms with Crippen molar-refractivity contribution in [3.63, 3.8) is 0 Å². The molecule has 0 saturated carbocycles. The summed E-state index contributed by atoms with van der Waals surface area (Å²) in [5.41, 5.74) is 6.07. The first-order valence-corrected chi connectivity index (χ1v) is 12.8. The fourth-order valence-electron chi connectivity index (χ4n) is 4.91. The number of nitrogens with one attached hydrogen (secondary N) is 2. The van der Waals surface area contributed by atoms with Crippen LogP contribution < -0.4 is 10.3 Å². The number of nitrogens with zero attached hydrogens (tertiary/aromatic N) is 2. The molecule has 0 aromatic heterocycles. The Labute approximate surface area is 226 Å². The Hall–Kier alpha value is -4.34. The molecule has 1 aliphatic heterocycles. The van der Waals surface area contributed by atoms with E-state index in [4.69, 9.17) is 4.74 Å². The highest BCUT2D eigenvalue weighted by Crippen LogP contribution is 2.38. The third-order valence-corrected chi connectivity index (χ3v) is 6.65. The van der Waals surface area contributed by atoms with Crippen molar-refractivity contribution in [1.29, 1.82) is 0 Å². The average molecular weight is 528 g/mol. The molecule has 2 aliphatic rings. The second kappa shape index (κ2) is 10.4. The van der Waals surface area contributed by atoms with E-state index in [1.165, 1.54) is 0 Å². The number of hydrogen-bond acceptors (Lipinski definition) is 6. The smallest absolute Gasteiger partial charge is 0.408 e. The lowest BCUT2D eigenvalue weighted by Crippen LogP contribution is -2.98. The summed E-state index contributed by atoms with van der Waals surface area (Å²) in [6, 6.07) is 22.0. The molecular weight excluding hydrogens is 496 g/mol. The number of alkyl carbamates (subject to hydrolysis) is 1. The van der Waals surface area contributed by atoms with Gasteiger partial charge in [0.15, 0.2) is 17.1 Å². The molecule has 9 heteroatoms. The number of amides is 1. The maximum atomic E-state index is 12.1. The Balaban J connectivity index is 1.45. The lowest BCUT2D eigenvalue weighted by Gasteiger charge is -2.22. The van der Waals surface area contributed by atoms with Crippen LogP contribution in [0.4, 0.5) is 10.5 Å². The van der Waals surface area contributed by atoms with E-state index in [2.05, 4.69) is 15.7 Å². The van der Waals surface area contributed by atoms with Gasteiger partial charge in [0.1, 0.15) is 11.6 Å². The molecule has 1 heterocycles. The lowest BCUT2D eigenvalue weighted by molar-refractivity contribution is -0.761. The summed E-state index contributed by atoms with van der Waals surface area (Å²) in [6.07, 6.45) is -0.877. The number of carboxylic acid groups (broad SMARTS) is 1. The highest BCUT2D eigenvalue weighted by molar-refractivity contribution is 5.90. The lowest BCUT2D eigenvalue weighted by atomic mass is 9.88. The van der Waals surface area contributed by atoms with E-state index in [1.54, 1.807) is 20.8 Å². The molecule has 1 aliphatic carbocycles. The van der Waals surface area contributed by atoms with E-state index in [0.717, 1.165) is 39.2 Å². The summed E-state index contributed by atoms with van der Waals surface area (Å²) < 4.78 is 5.21. The number of carbonyl (C=O) groups is 2. The van der Waals surface area contributed by atoms with Crippen molar-refractivity contribution < 1.29 is 29.5 Å². The summed E-state index contributed by atoms with van der Waals surface area (Å²) >= 11 is 0. The fourth-order valence-corrected chi connectivity index (χ4v) is 4.91. The Morgan fingerprint density at radius 3 is 2.38 bits per heavy atom. The zero-order valence-corrected chi connectivity index (χ0v) is 22.0. The molecule has 0 fully saturated rings. The number of benzene rings is 3. The topological polar surface area (TPSA) is 125 Å². The summed E-state index contributed by atoms with van der Waals surface area (Å²) in [5.74, 6) is -1.15. The maximum Gasteiger partial charge on any atom is 0.408 e. The van der Waals surface area contributed by atoms with Gasteiger partial charge in [0, 0.05) is 41.3 Å². The summed E-state index contributed by atoms with van der Waals surface area (Å²) in [6.45, 7) is 5.15. The van der Waals surface area contributed by atoms with E-state index in [9.17, 15) is 19.8 Å². The van der Waals surface area contributed by atoms with Crippen LogP contribution in [0.25, 0.3) is 11.4 Å². The first-order valence-electron chi connectivity index (χ1n) is 12.8. The van der Waals surface area contributed by atoms with Crippen molar-refractivity contribution >= 4 is 29.1 Å². The normalized spacial score (nSPS) is 18.8. The minimum atomic E-state index is -1.15. The SMILES string of the molecule is CC(C)(C)OC(=O)NC(Cc1ccc([NH+]2N=NC3=C2c2ccccc2CC(O)c2ccccc23)cc1)C(=O)O. The molecule has 3 unspecified atom stereocenters. The molecule has 5 rings (SSSR count). The summed E-state index contributed by atoms with van der Waals surface area (Å²) in [4.78, 5) is 24.0. The quantitative estimate of drug-likeness (QED) is 0.395. The number of aliphatic hydroxyl groups excluding tert-OH is 1. The Bertz CT molecular complexity index is 1470. The molecule has 39 heavy (non-hydrogen) atoms. The van der Waals surface area contributed by atoms with Gasteiger partial charge in [0.05, 0.1) is 6.10 Å². The van der Waals surface area contributed by atoms with Gasteiger partial charge in [-0.1, -0.05) is 59.7 Å². The van der Waals surface area contributed by atoms with Gasteiger partial charge < -0.3 is 20.3 Å². The van der Waals surface area contributed by atoms with Crippen molar-refractivity contribution in [1.82, 2.24) is 5.32 Å². The van der Waals surface area contributed by atoms with Gasteiger partial charge in [0.2, 0.25) is 0 Å². The second-order valence-electron chi connectivity index (χ2n) is 10.7. The number of carbonyl (C=O) groups excluding carboxylic acids is 1. The molecule has 200 valence electrons. The Kier molecular flexibility index (Phi) is 7.03. The highest BCUT2D eigenvalue weighted by atomic mass is 16.6. The minimum Gasteiger partial charge on any atom is -0.480 e. The third-order valence-electron chi connectivity index (χ3n) is 6.65. The number of fused-ring (bicyclic) bond motifs is 4. The first kappa shape index (κ1) is 26.3. The molecule has 3 aromatic carbocycles. The summed E-state index contributed by atoms with van der Waals surface area (Å²) in [7, 11) is 0. The van der Waals surface area contributed by atoms with Gasteiger partial charge >= 0.3 is 12.1 Å². The van der Waals surface area contributed by atoms with Gasteiger partial charge in [-0.05, 0) is 43.5 Å². The number of rotatable bonds is 5. The average Bonchev–Trinajstić information content (AvgIpc) is 3.31. The second-order valence-corrected chi connectivity index (χ2v) is 10.7. The standard InChI is InChI=1S/C30H30N4O5/c1-30(2,3)39-29(38)31-24(28(36)37)16-18-12-14-20(15-13-18)34-27-21-9-5-4-8-19(21)17-25(35)22-10-6-7-11-23(22)26(27)32-33-34/h4-15,24-25,35H,16-17H2,1-3H3,(H,31,38)(H,36,37)/p+1. The van der Waals surface area contributed by atoms with E-state index in [0.29, 0.717) is 17.1 Å². The number of aliphatic carboxylic acids is 1. The molecule has 0 radical (unpaired) electrons. The van der Waals surface area contributed by atoms with E-state index in [1.807, 2.05) is 72.8 Å². The minimum absolute atomic E-state index is 0.0910. The number of ether oxygens (including phenoxy) is 1. The van der Waals surface area contributed by atoms with Crippen molar-refractivity contribution in [2.24, 2.45) is 10.3 Å². The van der Waals surface area contributed by atoms with Crippen LogP contribution in [0.15, 0.2) is 83.1 Å². The van der Waals surface area contributed by atoms with Crippen LogP contribution in [0.2, 0.25) is 0 Å². The Morgan fingerprint density at radius 1 is 1.03 bits per heavy atom. The number of quaternary nitrogens is 1. The van der Waals surface area contributed by atoms with Crippen LogP contribution >= 0.6 is 0 Å². The molecule has 0 bridgehead atoms. The molecule has 9 nitrogen and oxygen atoms in total. The van der Waals surface area contributed by atoms with Crippen LogP contribution in [0.3, 0.4) is 0 Å². The molecule has 3 atom stereocenters. The number of hydrogen-bond donors (Lipinski definition) is 4. The van der Waals surface area contributed by atoms with Crippen molar-refractivity contribution in [3.8, 4) is 0 Å². The van der Waals surface area contributed by atoms with Gasteiger partial charge in [-0.3, -0.25) is 0 Å². The number of carboxylic acids is 1. The zero-order valence-electron chi connectivity index (χ0n) is 22.0. The van der Waals surface area contributed by atoms with Gasteiger partial charge in [0.25, 0.3) is 0 Å². The van der Waals surface area contributed by atoms with Crippen LogP contribution in [0.5, 0.6) is 0 Å². The van der Waals surface area contributed by atoms with Crippen LogP contribution in [-0.4, -0.2) is 33.9 Å².